The molecular weight excluding hydrogens is 385 g/mol. The van der Waals surface area contributed by atoms with E-state index in [9.17, 15) is 34.2 Å². The molecule has 0 fully saturated rings. The van der Waals surface area contributed by atoms with Crippen LogP contribution in [0.3, 0.4) is 0 Å². The molecule has 2 atom stereocenters. The molecule has 0 radical (unpaired) electrons. The van der Waals surface area contributed by atoms with Gasteiger partial charge in [-0.3, -0.25) is 4.79 Å². The van der Waals surface area contributed by atoms with Gasteiger partial charge in [0.1, 0.15) is 12.7 Å². The zero-order valence-corrected chi connectivity index (χ0v) is 19.7. The molecule has 0 amide bonds. The van der Waals surface area contributed by atoms with Crippen molar-refractivity contribution in [2.75, 3.05) is 27.9 Å². The van der Waals surface area contributed by atoms with E-state index < -0.39 is 44.2 Å². The average molecular weight is 404 g/mol. The van der Waals surface area contributed by atoms with E-state index in [0.717, 1.165) is 21.3 Å². The molecule has 0 aromatic rings. The van der Waals surface area contributed by atoms with Crippen molar-refractivity contribution in [1.82, 2.24) is 0 Å². The fourth-order valence-corrected chi connectivity index (χ4v) is 1.94. The standard InChI is InChI=1S/C11H21O11P.2Na/c1-19-10(15)11(20-2,21-3)5-4-7(12)9(14)8(13)6-22-23(16,17)18;;/h7,9,12,14H,4-6H2,1-3H3,(H2,16,17,18);;/q;2*+1/p-2/t7-,9+;;/m1../s1. The average Bonchev–Trinajstić information content (AvgIpc) is 2.51. The number of Topliss-reactive ketones (excluding diaryl/α,β-unsaturated/α-hetero) is 1. The molecular formula is C11H19Na2O11P. The number of carbonyl (C=O) groups is 2. The molecule has 0 saturated carbocycles. The molecule has 0 aliphatic rings. The van der Waals surface area contributed by atoms with E-state index in [4.69, 9.17) is 9.47 Å². The van der Waals surface area contributed by atoms with Crippen LogP contribution in [0.25, 0.3) is 0 Å². The number of ketones is 1. The van der Waals surface area contributed by atoms with Gasteiger partial charge in [-0.15, -0.1) is 0 Å². The van der Waals surface area contributed by atoms with Gasteiger partial charge in [0.05, 0.1) is 21.0 Å². The Morgan fingerprint density at radius 3 is 1.96 bits per heavy atom. The number of aliphatic hydroxyl groups excluding tert-OH is 2. The van der Waals surface area contributed by atoms with E-state index in [-0.39, 0.29) is 72.0 Å². The molecule has 0 aromatic carbocycles. The fourth-order valence-electron chi connectivity index (χ4n) is 1.65. The monoisotopic (exact) mass is 404 g/mol. The van der Waals surface area contributed by atoms with Gasteiger partial charge in [-0.25, -0.2) is 4.79 Å². The number of ether oxygens (including phenoxy) is 3. The number of rotatable bonds is 11. The molecule has 0 spiro atoms. The van der Waals surface area contributed by atoms with Crippen molar-refractivity contribution in [2.45, 2.75) is 30.8 Å². The first kappa shape index (κ1) is 30.8. The van der Waals surface area contributed by atoms with Crippen LogP contribution in [0.4, 0.5) is 0 Å². The summed E-state index contributed by atoms with van der Waals surface area (Å²) in [6.45, 7) is -1.21. The SMILES string of the molecule is COC(=O)C(CC[C@@H](O)[C@H](O)C(=O)COP(=O)([O-])[O-])(OC)OC.[Na+].[Na+]. The molecule has 136 valence electrons. The normalized spacial score (nSPS) is 13.9. The van der Waals surface area contributed by atoms with E-state index in [1.165, 1.54) is 0 Å². The fraction of sp³-hybridized carbons (Fsp3) is 0.818. The van der Waals surface area contributed by atoms with E-state index in [1.807, 2.05) is 0 Å². The molecule has 0 aliphatic carbocycles. The third-order valence-corrected chi connectivity index (χ3v) is 3.43. The number of aliphatic hydroxyl groups is 2. The molecule has 11 nitrogen and oxygen atoms in total. The molecule has 0 aromatic heterocycles. The second kappa shape index (κ2) is 14.1. The maximum atomic E-state index is 11.6. The Kier molecular flexibility index (Phi) is 17.4. The molecule has 0 rings (SSSR count). The van der Waals surface area contributed by atoms with Gasteiger partial charge in [-0.2, -0.15) is 0 Å². The minimum Gasteiger partial charge on any atom is -0.790 e. The first-order chi connectivity index (χ1) is 10.5. The third-order valence-electron chi connectivity index (χ3n) is 2.98. The van der Waals surface area contributed by atoms with Crippen LogP contribution in [0.15, 0.2) is 0 Å². The smallest absolute Gasteiger partial charge is 0.790 e. The summed E-state index contributed by atoms with van der Waals surface area (Å²) in [5.41, 5.74) is 0. The third kappa shape index (κ3) is 10.9. The van der Waals surface area contributed by atoms with Crippen molar-refractivity contribution >= 4 is 19.6 Å². The summed E-state index contributed by atoms with van der Waals surface area (Å²) < 4.78 is 28.2. The van der Waals surface area contributed by atoms with Crippen molar-refractivity contribution in [3.63, 3.8) is 0 Å². The molecule has 0 bridgehead atoms. The van der Waals surface area contributed by atoms with E-state index >= 15 is 0 Å². The van der Waals surface area contributed by atoms with E-state index in [0.29, 0.717) is 0 Å². The van der Waals surface area contributed by atoms with E-state index in [1.54, 1.807) is 0 Å². The Labute approximate surface area is 189 Å². The number of hydrogen-bond donors (Lipinski definition) is 2. The zero-order chi connectivity index (χ0) is 18.3. The van der Waals surface area contributed by atoms with E-state index in [2.05, 4.69) is 9.26 Å². The molecule has 25 heavy (non-hydrogen) atoms. The first-order valence-electron chi connectivity index (χ1n) is 6.27. The van der Waals surface area contributed by atoms with Crippen LogP contribution in [-0.2, 0) is 32.9 Å². The molecule has 0 aliphatic heterocycles. The van der Waals surface area contributed by atoms with Gasteiger partial charge in [-0.1, -0.05) is 0 Å². The van der Waals surface area contributed by atoms with Crippen LogP contribution in [-0.4, -0.2) is 67.9 Å². The Balaban J connectivity index is -0.00000242. The topological polar surface area (TPSA) is 175 Å². The van der Waals surface area contributed by atoms with Crippen LogP contribution in [0, 0.1) is 0 Å². The predicted molar refractivity (Wildman–Crippen MR) is 68.6 cm³/mol. The van der Waals surface area contributed by atoms with Crippen LogP contribution < -0.4 is 68.9 Å². The number of hydrogen-bond acceptors (Lipinski definition) is 11. The second-order valence-corrected chi connectivity index (χ2v) is 5.54. The Morgan fingerprint density at radius 2 is 1.60 bits per heavy atom. The van der Waals surface area contributed by atoms with Gasteiger partial charge in [-0.05, 0) is 6.42 Å². The molecule has 14 heteroatoms. The molecule has 0 saturated heterocycles. The molecule has 0 heterocycles. The number of phosphoric ester groups is 1. The number of phosphoric acid groups is 1. The molecule has 2 N–H and O–H groups in total. The van der Waals surface area contributed by atoms with Crippen LogP contribution in [0.5, 0.6) is 0 Å². The Morgan fingerprint density at radius 1 is 1.12 bits per heavy atom. The molecule has 0 unspecified atom stereocenters. The quantitative estimate of drug-likeness (QED) is 0.145. The van der Waals surface area contributed by atoms with Gasteiger partial charge >= 0.3 is 65.1 Å². The minimum atomic E-state index is -5.37. The van der Waals surface area contributed by atoms with Crippen molar-refractivity contribution in [3.05, 3.63) is 0 Å². The summed E-state index contributed by atoms with van der Waals surface area (Å²) in [5.74, 6) is -3.95. The maximum Gasteiger partial charge on any atom is 1.00 e. The number of esters is 1. The summed E-state index contributed by atoms with van der Waals surface area (Å²) in [5, 5.41) is 19.3. The van der Waals surface area contributed by atoms with Crippen molar-refractivity contribution in [2.24, 2.45) is 0 Å². The Bertz CT molecular complexity index is 451. The maximum absolute atomic E-state index is 11.6. The van der Waals surface area contributed by atoms with Crippen LogP contribution in [0.2, 0.25) is 0 Å². The summed E-state index contributed by atoms with van der Waals surface area (Å²) in [6, 6.07) is 0. The van der Waals surface area contributed by atoms with Crippen LogP contribution in [0.1, 0.15) is 12.8 Å². The largest absolute Gasteiger partial charge is 1.00 e. The van der Waals surface area contributed by atoms with Crippen molar-refractivity contribution < 1.29 is 112 Å². The number of methoxy groups -OCH3 is 3. The summed E-state index contributed by atoms with van der Waals surface area (Å²) in [6.07, 6.45) is -4.32. The van der Waals surface area contributed by atoms with Gasteiger partial charge in [0, 0.05) is 20.6 Å². The van der Waals surface area contributed by atoms with Crippen molar-refractivity contribution in [3.8, 4) is 0 Å². The second-order valence-electron chi connectivity index (χ2n) is 4.39. The van der Waals surface area contributed by atoms with Crippen molar-refractivity contribution in [1.29, 1.82) is 0 Å². The van der Waals surface area contributed by atoms with Gasteiger partial charge in [0.25, 0.3) is 5.79 Å². The minimum absolute atomic E-state index is 0. The van der Waals surface area contributed by atoms with Gasteiger partial charge in [0.2, 0.25) is 0 Å². The zero-order valence-electron chi connectivity index (χ0n) is 14.8. The van der Waals surface area contributed by atoms with Gasteiger partial charge < -0.3 is 43.3 Å². The predicted octanol–water partition coefficient (Wildman–Crippen LogP) is -8.93. The summed E-state index contributed by atoms with van der Waals surface area (Å²) in [7, 11) is -1.97. The van der Waals surface area contributed by atoms with Crippen LogP contribution >= 0.6 is 7.82 Å². The van der Waals surface area contributed by atoms with Gasteiger partial charge in [0.15, 0.2) is 5.78 Å². The first-order valence-corrected chi connectivity index (χ1v) is 7.73. The Hall–Kier alpha value is 1.09. The summed E-state index contributed by atoms with van der Waals surface area (Å²) >= 11 is 0. The summed E-state index contributed by atoms with van der Waals surface area (Å²) in [4.78, 5) is 43.5. The number of carbonyl (C=O) groups excluding carboxylic acids is 2.